The van der Waals surface area contributed by atoms with Crippen molar-refractivity contribution in [2.45, 2.75) is 52.5 Å². The predicted octanol–water partition coefficient (Wildman–Crippen LogP) is 5.87. The largest absolute Gasteiger partial charge is 0.505 e. The van der Waals surface area contributed by atoms with Gasteiger partial charge in [0, 0.05) is 12.5 Å². The zero-order valence-corrected chi connectivity index (χ0v) is 19.9. The topological polar surface area (TPSA) is 57.6 Å². The maximum atomic E-state index is 9.91. The molecule has 2 aromatic rings. The van der Waals surface area contributed by atoms with Crippen molar-refractivity contribution in [1.29, 1.82) is 5.39 Å². The normalized spacial score (nSPS) is 14.7. The number of hydrogen-bond acceptors (Lipinski definition) is 3. The van der Waals surface area contributed by atoms with Crippen molar-refractivity contribution in [1.82, 2.24) is 0 Å². The summed E-state index contributed by atoms with van der Waals surface area (Å²) in [6, 6.07) is 21.3. The highest BCUT2D eigenvalue weighted by Gasteiger charge is 2.50. The van der Waals surface area contributed by atoms with E-state index in [1.807, 2.05) is 6.92 Å². The van der Waals surface area contributed by atoms with Gasteiger partial charge in [-0.15, -0.1) is 0 Å². The number of hydrogen-bond donors (Lipinski definition) is 1. The molecule has 2 atom stereocenters. The fourth-order valence-electron chi connectivity index (χ4n) is 4.20. The quantitative estimate of drug-likeness (QED) is 0.312. The van der Waals surface area contributed by atoms with Crippen LogP contribution in [0.15, 0.2) is 72.6 Å². The molecule has 5 heteroatoms. The average Bonchev–Trinajstić information content (AvgIpc) is 2.71. The Balaban J connectivity index is 2.25. The van der Waals surface area contributed by atoms with Gasteiger partial charge in [0.2, 0.25) is 5.39 Å². The van der Waals surface area contributed by atoms with Crippen LogP contribution in [0.5, 0.6) is 0 Å². The second kappa shape index (κ2) is 10.6. The summed E-state index contributed by atoms with van der Waals surface area (Å²) in [6.07, 6.45) is 2.82. The summed E-state index contributed by atoms with van der Waals surface area (Å²) in [5, 5.41) is 21.1. The third kappa shape index (κ3) is 5.59. The standard InChI is InChI=1S/C25H34N2O2Si/c1-20(18-21(2)24(28)19-27-26)16-17-29-30(25(3,4)5,22-12-8-6-9-13-22)23-14-10-7-11-15-23/h6-15,19-21H,16-18H2,1-5H3/p+1/b24-19+/t20-,21-/m1/s1. The van der Waals surface area contributed by atoms with Crippen LogP contribution in [0.1, 0.15) is 47.5 Å². The summed E-state index contributed by atoms with van der Waals surface area (Å²) in [7, 11) is -2.50. The molecule has 0 heterocycles. The fraction of sp³-hybridized carbons (Fsp3) is 0.440. The number of benzene rings is 2. The van der Waals surface area contributed by atoms with Crippen LogP contribution < -0.4 is 10.4 Å². The van der Waals surface area contributed by atoms with E-state index in [2.05, 4.69) is 93.3 Å². The van der Waals surface area contributed by atoms with Crippen LogP contribution in [0.2, 0.25) is 5.04 Å². The molecule has 0 aliphatic rings. The molecular weight excluding hydrogens is 388 g/mol. The lowest BCUT2D eigenvalue weighted by atomic mass is 9.94. The first-order valence-electron chi connectivity index (χ1n) is 10.7. The zero-order valence-electron chi connectivity index (χ0n) is 18.9. The summed E-state index contributed by atoms with van der Waals surface area (Å²) >= 11 is 0. The molecule has 160 valence electrons. The molecule has 4 nitrogen and oxygen atoms in total. The van der Waals surface area contributed by atoms with Gasteiger partial charge in [-0.05, 0) is 34.2 Å². The maximum absolute atomic E-state index is 9.91. The molecule has 2 rings (SSSR count). The minimum absolute atomic E-state index is 0.0319. The van der Waals surface area contributed by atoms with E-state index in [0.717, 1.165) is 19.0 Å². The van der Waals surface area contributed by atoms with Crippen molar-refractivity contribution in [2.75, 3.05) is 6.61 Å². The van der Waals surface area contributed by atoms with Gasteiger partial charge in [0.05, 0.1) is 0 Å². The molecule has 0 amide bonds. The van der Waals surface area contributed by atoms with Crippen LogP contribution in [-0.2, 0) is 4.43 Å². The molecule has 0 fully saturated rings. The van der Waals surface area contributed by atoms with Gasteiger partial charge < -0.3 is 9.53 Å². The highest BCUT2D eigenvalue weighted by Crippen LogP contribution is 2.37. The Bertz CT molecular complexity index is 815. The minimum Gasteiger partial charge on any atom is -0.505 e. The lowest BCUT2D eigenvalue weighted by Crippen LogP contribution is -2.66. The Morgan fingerprint density at radius 3 is 1.97 bits per heavy atom. The first kappa shape index (κ1) is 23.9. The average molecular weight is 424 g/mol. The van der Waals surface area contributed by atoms with Gasteiger partial charge in [0.15, 0.2) is 10.7 Å². The lowest BCUT2D eigenvalue weighted by Gasteiger charge is -2.43. The summed E-state index contributed by atoms with van der Waals surface area (Å²) in [4.78, 5) is 2.92. The Labute approximate surface area is 182 Å². The van der Waals surface area contributed by atoms with E-state index in [9.17, 15) is 5.11 Å². The van der Waals surface area contributed by atoms with E-state index in [0.29, 0.717) is 12.5 Å². The number of rotatable bonds is 9. The van der Waals surface area contributed by atoms with Crippen molar-refractivity contribution in [3.8, 4) is 0 Å². The van der Waals surface area contributed by atoms with E-state index in [-0.39, 0.29) is 16.7 Å². The molecule has 0 aromatic heterocycles. The van der Waals surface area contributed by atoms with Gasteiger partial charge in [0.25, 0.3) is 8.32 Å². The van der Waals surface area contributed by atoms with Crippen molar-refractivity contribution in [2.24, 2.45) is 11.8 Å². The highest BCUT2D eigenvalue weighted by atomic mass is 28.4. The summed E-state index contributed by atoms with van der Waals surface area (Å²) in [6.45, 7) is 11.6. The Kier molecular flexibility index (Phi) is 8.40. The second-order valence-electron chi connectivity index (χ2n) is 9.21. The summed E-state index contributed by atoms with van der Waals surface area (Å²) in [5.41, 5.74) is 0. The number of nitrogens with zero attached hydrogens (tertiary/aromatic N) is 2. The van der Waals surface area contributed by atoms with Gasteiger partial charge >= 0.3 is 6.20 Å². The van der Waals surface area contributed by atoms with Gasteiger partial charge in [-0.3, -0.25) is 0 Å². The molecule has 0 unspecified atom stereocenters. The molecule has 0 spiro atoms. The number of aliphatic hydroxyl groups is 1. The van der Waals surface area contributed by atoms with Gasteiger partial charge in [-0.1, -0.05) is 95.3 Å². The third-order valence-electron chi connectivity index (χ3n) is 5.80. The lowest BCUT2D eigenvalue weighted by molar-refractivity contribution is 0.245. The molecule has 0 aliphatic heterocycles. The van der Waals surface area contributed by atoms with Gasteiger partial charge in [-0.2, -0.15) is 0 Å². The smallest absolute Gasteiger partial charge is 0.387 e. The number of diazo groups is 1. The van der Waals surface area contributed by atoms with Crippen LogP contribution in [-0.4, -0.2) is 20.0 Å². The monoisotopic (exact) mass is 423 g/mol. The fourth-order valence-corrected chi connectivity index (χ4v) is 8.78. The van der Waals surface area contributed by atoms with Crippen LogP contribution in [0.3, 0.4) is 0 Å². The molecule has 0 saturated carbocycles. The third-order valence-corrected chi connectivity index (χ3v) is 10.8. The Morgan fingerprint density at radius 1 is 1.03 bits per heavy atom. The second-order valence-corrected chi connectivity index (χ2v) is 13.5. The van der Waals surface area contributed by atoms with Crippen molar-refractivity contribution < 1.29 is 9.53 Å². The number of allylic oxidation sites excluding steroid dienone is 1. The van der Waals surface area contributed by atoms with Crippen LogP contribution in [0.4, 0.5) is 0 Å². The SMILES string of the molecule is C[C@H](CCO[Si](c1ccccc1)(c1ccccc1)C(C)(C)C)C[C@@H](C)/C(O)=C\[N+]#N. The van der Waals surface area contributed by atoms with E-state index >= 15 is 0 Å². The molecular formula is C25H35N2O2Si+. The summed E-state index contributed by atoms with van der Waals surface area (Å²) < 4.78 is 6.93. The zero-order chi connectivity index (χ0) is 22.2. The molecule has 0 saturated heterocycles. The molecule has 1 N–H and O–H groups in total. The van der Waals surface area contributed by atoms with E-state index in [4.69, 9.17) is 9.82 Å². The van der Waals surface area contributed by atoms with Gasteiger partial charge in [0.1, 0.15) is 0 Å². The van der Waals surface area contributed by atoms with Gasteiger partial charge in [-0.25, -0.2) is 0 Å². The molecule has 30 heavy (non-hydrogen) atoms. The van der Waals surface area contributed by atoms with E-state index < -0.39 is 8.32 Å². The van der Waals surface area contributed by atoms with Crippen LogP contribution in [0, 0.1) is 17.2 Å². The Morgan fingerprint density at radius 2 is 1.53 bits per heavy atom. The van der Waals surface area contributed by atoms with Crippen molar-refractivity contribution in [3.63, 3.8) is 0 Å². The maximum Gasteiger partial charge on any atom is 0.387 e. The molecule has 0 bridgehead atoms. The first-order chi connectivity index (χ1) is 14.2. The van der Waals surface area contributed by atoms with E-state index in [1.165, 1.54) is 10.4 Å². The summed E-state index contributed by atoms with van der Waals surface area (Å²) in [5.74, 6) is 0.425. The van der Waals surface area contributed by atoms with Crippen LogP contribution in [0.25, 0.3) is 4.98 Å². The highest BCUT2D eigenvalue weighted by molar-refractivity contribution is 6.99. The van der Waals surface area contributed by atoms with E-state index in [1.54, 1.807) is 0 Å². The first-order valence-corrected chi connectivity index (χ1v) is 12.6. The molecule has 0 radical (unpaired) electrons. The van der Waals surface area contributed by atoms with Crippen LogP contribution >= 0.6 is 0 Å². The predicted molar refractivity (Wildman–Crippen MR) is 127 cm³/mol. The molecule has 0 aliphatic carbocycles. The molecule has 2 aromatic carbocycles. The van der Waals surface area contributed by atoms with Crippen molar-refractivity contribution >= 4 is 18.7 Å². The Hall–Kier alpha value is -2.42. The van der Waals surface area contributed by atoms with Crippen molar-refractivity contribution in [3.05, 3.63) is 77.6 Å². The number of aliphatic hydroxyl groups excluding tert-OH is 1. The minimum atomic E-state index is -2.50.